The molecule has 0 aromatic carbocycles. The molecule has 0 bridgehead atoms. The predicted octanol–water partition coefficient (Wildman–Crippen LogP) is 0.996. The number of nitrogens with zero attached hydrogens (tertiary/aromatic N) is 2. The molecule has 1 aromatic rings. The van der Waals surface area contributed by atoms with E-state index in [1.54, 1.807) is 24.9 Å². The van der Waals surface area contributed by atoms with Crippen LogP contribution in [0.25, 0.3) is 0 Å². The van der Waals surface area contributed by atoms with Crippen molar-refractivity contribution < 1.29 is 9.53 Å². The number of carbonyl (C=O) groups is 1. The number of aryl methyl sites for hydroxylation is 1. The summed E-state index contributed by atoms with van der Waals surface area (Å²) in [4.78, 5) is 11.6. The Morgan fingerprint density at radius 1 is 1.75 bits per heavy atom. The van der Waals surface area contributed by atoms with Crippen molar-refractivity contribution in [3.8, 4) is 0 Å². The molecule has 90 valence electrons. The van der Waals surface area contributed by atoms with E-state index < -0.39 is 5.54 Å². The molecule has 0 aliphatic heterocycles. The molecule has 1 heterocycles. The van der Waals surface area contributed by atoms with Crippen LogP contribution in [0.5, 0.6) is 0 Å². The highest BCUT2D eigenvalue weighted by Gasteiger charge is 2.33. The SMILES string of the molecule is CNC(C)(Cn1cc(Cl)c(C)n1)C(=O)OC. The normalized spacial score (nSPS) is 14.6. The minimum Gasteiger partial charge on any atom is -0.468 e. The van der Waals surface area contributed by atoms with E-state index in [9.17, 15) is 4.79 Å². The van der Waals surface area contributed by atoms with Crippen LogP contribution in [0.4, 0.5) is 0 Å². The van der Waals surface area contributed by atoms with Gasteiger partial charge in [0.2, 0.25) is 0 Å². The summed E-state index contributed by atoms with van der Waals surface area (Å²) in [6, 6.07) is 0. The van der Waals surface area contributed by atoms with Gasteiger partial charge in [0.25, 0.3) is 0 Å². The van der Waals surface area contributed by atoms with Gasteiger partial charge in [-0.05, 0) is 20.9 Å². The molecule has 0 spiro atoms. The number of ether oxygens (including phenoxy) is 1. The van der Waals surface area contributed by atoms with E-state index in [1.165, 1.54) is 7.11 Å². The van der Waals surface area contributed by atoms with Gasteiger partial charge in [0.05, 0.1) is 24.4 Å². The average Bonchev–Trinajstić information content (AvgIpc) is 2.56. The second-order valence-corrected chi connectivity index (χ2v) is 4.24. The fourth-order valence-corrected chi connectivity index (χ4v) is 1.52. The van der Waals surface area contributed by atoms with Gasteiger partial charge in [0.15, 0.2) is 0 Å². The van der Waals surface area contributed by atoms with Crippen LogP contribution in [0.1, 0.15) is 12.6 Å². The van der Waals surface area contributed by atoms with E-state index in [0.717, 1.165) is 5.69 Å². The molecule has 1 N–H and O–H groups in total. The topological polar surface area (TPSA) is 56.2 Å². The van der Waals surface area contributed by atoms with Crippen LogP contribution in [0, 0.1) is 6.92 Å². The summed E-state index contributed by atoms with van der Waals surface area (Å²) in [5, 5.41) is 7.71. The predicted molar refractivity (Wildman–Crippen MR) is 61.5 cm³/mol. The third-order valence-electron chi connectivity index (χ3n) is 2.55. The first kappa shape index (κ1) is 13.0. The standard InChI is InChI=1S/C10H16ClN3O2/c1-7-8(11)5-14(13-7)6-10(2,12-3)9(15)16-4/h5,12H,6H2,1-4H3. The Bertz CT molecular complexity index is 372. The van der Waals surface area contributed by atoms with E-state index in [1.807, 2.05) is 6.92 Å². The van der Waals surface area contributed by atoms with Gasteiger partial charge in [0, 0.05) is 6.20 Å². The Morgan fingerprint density at radius 2 is 2.38 bits per heavy atom. The Balaban J connectivity index is 2.88. The van der Waals surface area contributed by atoms with Gasteiger partial charge in [-0.25, -0.2) is 4.79 Å². The molecule has 1 atom stereocenters. The minimum absolute atomic E-state index is 0.334. The van der Waals surface area contributed by atoms with Crippen LogP contribution in [0.2, 0.25) is 5.02 Å². The van der Waals surface area contributed by atoms with Crippen LogP contribution >= 0.6 is 11.6 Å². The molecule has 0 aliphatic rings. The number of esters is 1. The molecule has 1 rings (SSSR count). The molecular formula is C10H16ClN3O2. The van der Waals surface area contributed by atoms with Gasteiger partial charge < -0.3 is 10.1 Å². The Kier molecular flexibility index (Phi) is 3.93. The van der Waals surface area contributed by atoms with Gasteiger partial charge in [-0.15, -0.1) is 0 Å². The third-order valence-corrected chi connectivity index (χ3v) is 2.92. The van der Waals surface area contributed by atoms with Crippen molar-refractivity contribution in [3.05, 3.63) is 16.9 Å². The van der Waals surface area contributed by atoms with Crippen molar-refractivity contribution in [2.24, 2.45) is 0 Å². The van der Waals surface area contributed by atoms with Crippen LogP contribution in [0.3, 0.4) is 0 Å². The Hall–Kier alpha value is -1.07. The first-order valence-electron chi connectivity index (χ1n) is 4.90. The van der Waals surface area contributed by atoms with E-state index in [4.69, 9.17) is 16.3 Å². The number of likely N-dealkylation sites (N-methyl/N-ethyl adjacent to an activating group) is 1. The minimum atomic E-state index is -0.809. The lowest BCUT2D eigenvalue weighted by atomic mass is 10.0. The van der Waals surface area contributed by atoms with Gasteiger partial charge in [-0.2, -0.15) is 5.10 Å². The molecule has 6 heteroatoms. The van der Waals surface area contributed by atoms with Crippen LogP contribution in [0.15, 0.2) is 6.20 Å². The Labute approximate surface area is 99.7 Å². The van der Waals surface area contributed by atoms with Crippen molar-refractivity contribution in [2.75, 3.05) is 14.2 Å². The zero-order valence-corrected chi connectivity index (χ0v) is 10.6. The molecule has 0 radical (unpaired) electrons. The van der Waals surface area contributed by atoms with E-state index in [-0.39, 0.29) is 5.97 Å². The average molecular weight is 246 g/mol. The smallest absolute Gasteiger partial charge is 0.327 e. The molecule has 0 saturated heterocycles. The summed E-state index contributed by atoms with van der Waals surface area (Å²) < 4.78 is 6.37. The van der Waals surface area contributed by atoms with E-state index in [0.29, 0.717) is 11.6 Å². The molecule has 0 amide bonds. The number of hydrogen-bond acceptors (Lipinski definition) is 4. The highest BCUT2D eigenvalue weighted by molar-refractivity contribution is 6.31. The van der Waals surface area contributed by atoms with Gasteiger partial charge in [-0.1, -0.05) is 11.6 Å². The first-order valence-corrected chi connectivity index (χ1v) is 5.27. The lowest BCUT2D eigenvalue weighted by Crippen LogP contribution is -2.51. The van der Waals surface area contributed by atoms with Crippen LogP contribution < -0.4 is 5.32 Å². The molecule has 16 heavy (non-hydrogen) atoms. The summed E-state index contributed by atoms with van der Waals surface area (Å²) in [6.07, 6.45) is 1.69. The molecule has 0 fully saturated rings. The molecular weight excluding hydrogens is 230 g/mol. The van der Waals surface area contributed by atoms with Crippen molar-refractivity contribution in [3.63, 3.8) is 0 Å². The van der Waals surface area contributed by atoms with Crippen molar-refractivity contribution >= 4 is 17.6 Å². The van der Waals surface area contributed by atoms with Crippen molar-refractivity contribution in [1.82, 2.24) is 15.1 Å². The summed E-state index contributed by atoms with van der Waals surface area (Å²) in [5.74, 6) is -0.334. The fraction of sp³-hybridized carbons (Fsp3) is 0.600. The third kappa shape index (κ3) is 2.54. The van der Waals surface area contributed by atoms with Gasteiger partial charge in [0.1, 0.15) is 5.54 Å². The number of carbonyl (C=O) groups excluding carboxylic acids is 1. The van der Waals surface area contributed by atoms with Crippen LogP contribution in [-0.2, 0) is 16.1 Å². The molecule has 0 aliphatic carbocycles. The van der Waals surface area contributed by atoms with Crippen molar-refractivity contribution in [1.29, 1.82) is 0 Å². The summed E-state index contributed by atoms with van der Waals surface area (Å²) in [7, 11) is 3.06. The number of methoxy groups -OCH3 is 1. The van der Waals surface area contributed by atoms with E-state index >= 15 is 0 Å². The fourth-order valence-electron chi connectivity index (χ4n) is 1.37. The number of rotatable bonds is 4. The quantitative estimate of drug-likeness (QED) is 0.804. The van der Waals surface area contributed by atoms with E-state index in [2.05, 4.69) is 10.4 Å². The van der Waals surface area contributed by atoms with Gasteiger partial charge >= 0.3 is 5.97 Å². The second-order valence-electron chi connectivity index (χ2n) is 3.83. The largest absolute Gasteiger partial charge is 0.468 e. The molecule has 1 aromatic heterocycles. The first-order chi connectivity index (χ1) is 7.42. The zero-order chi connectivity index (χ0) is 12.3. The van der Waals surface area contributed by atoms with Crippen molar-refractivity contribution in [2.45, 2.75) is 25.9 Å². The number of aromatic nitrogens is 2. The highest BCUT2D eigenvalue weighted by Crippen LogP contribution is 2.15. The number of hydrogen-bond donors (Lipinski definition) is 1. The molecule has 1 unspecified atom stereocenters. The summed E-state index contributed by atoms with van der Waals surface area (Å²) >= 11 is 5.89. The Morgan fingerprint density at radius 3 is 2.75 bits per heavy atom. The summed E-state index contributed by atoms with van der Waals surface area (Å²) in [6.45, 7) is 3.93. The van der Waals surface area contributed by atoms with Gasteiger partial charge in [-0.3, -0.25) is 4.68 Å². The maximum atomic E-state index is 11.6. The van der Waals surface area contributed by atoms with Crippen LogP contribution in [-0.4, -0.2) is 35.4 Å². The lowest BCUT2D eigenvalue weighted by Gasteiger charge is -2.25. The highest BCUT2D eigenvalue weighted by atomic mass is 35.5. The maximum absolute atomic E-state index is 11.6. The maximum Gasteiger partial charge on any atom is 0.327 e. The summed E-state index contributed by atoms with van der Waals surface area (Å²) in [5.41, 5.74) is -0.0683. The second kappa shape index (κ2) is 4.84. The number of nitrogens with one attached hydrogen (secondary N) is 1. The molecule has 5 nitrogen and oxygen atoms in total. The molecule has 0 saturated carbocycles. The zero-order valence-electron chi connectivity index (χ0n) is 9.87. The number of halogens is 1. The monoisotopic (exact) mass is 245 g/mol. The lowest BCUT2D eigenvalue weighted by molar-refractivity contribution is -0.148.